The zero-order valence-electron chi connectivity index (χ0n) is 14.7. The summed E-state index contributed by atoms with van der Waals surface area (Å²) < 4.78 is 25.6. The standard InChI is InChI=1S/C17H26FNO3Si/c1-8-16(20)19-14-10-15(21-5)12(9-13(14)18)11-22-23(6,7)17(2,3)4/h8-10H,1,11H2,2-7H3,(H,19,20). The number of amides is 1. The van der Waals surface area contributed by atoms with Crippen LogP contribution in [0.4, 0.5) is 10.1 Å². The molecule has 0 radical (unpaired) electrons. The lowest BCUT2D eigenvalue weighted by molar-refractivity contribution is -0.111. The molecule has 128 valence electrons. The van der Waals surface area contributed by atoms with Gasteiger partial charge in [0.05, 0.1) is 19.4 Å². The first-order valence-corrected chi connectivity index (χ1v) is 10.4. The van der Waals surface area contributed by atoms with Crippen LogP contribution in [0.2, 0.25) is 18.1 Å². The molecule has 0 saturated heterocycles. The molecular weight excluding hydrogens is 313 g/mol. The average Bonchev–Trinajstić information content (AvgIpc) is 2.45. The van der Waals surface area contributed by atoms with Crippen LogP contribution in [0.15, 0.2) is 24.8 Å². The van der Waals surface area contributed by atoms with Crippen molar-refractivity contribution in [2.45, 2.75) is 45.5 Å². The normalized spacial score (nSPS) is 12.0. The topological polar surface area (TPSA) is 47.6 Å². The second-order valence-electron chi connectivity index (χ2n) is 6.89. The van der Waals surface area contributed by atoms with Crippen LogP contribution < -0.4 is 10.1 Å². The van der Waals surface area contributed by atoms with E-state index in [0.717, 1.165) is 6.08 Å². The van der Waals surface area contributed by atoms with Crippen LogP contribution in [-0.4, -0.2) is 21.3 Å². The average molecular weight is 339 g/mol. The highest BCUT2D eigenvalue weighted by molar-refractivity contribution is 6.74. The molecule has 0 atom stereocenters. The molecule has 1 aromatic carbocycles. The Morgan fingerprint density at radius 1 is 1.39 bits per heavy atom. The van der Waals surface area contributed by atoms with Crippen LogP contribution in [0.25, 0.3) is 0 Å². The van der Waals surface area contributed by atoms with Crippen LogP contribution in [0.1, 0.15) is 26.3 Å². The molecule has 0 fully saturated rings. The number of carbonyl (C=O) groups excluding carboxylic acids is 1. The van der Waals surface area contributed by atoms with Crippen LogP contribution in [0.5, 0.6) is 5.75 Å². The Kier molecular flexibility index (Phi) is 6.13. The van der Waals surface area contributed by atoms with E-state index in [4.69, 9.17) is 9.16 Å². The van der Waals surface area contributed by atoms with E-state index in [1.807, 2.05) is 0 Å². The molecular formula is C17H26FNO3Si. The zero-order chi connectivity index (χ0) is 17.8. The second kappa shape index (κ2) is 7.27. The fourth-order valence-corrected chi connectivity index (χ4v) is 2.60. The number of rotatable bonds is 6. The maximum atomic E-state index is 14.2. The minimum absolute atomic E-state index is 0.0582. The number of nitrogens with one attached hydrogen (secondary N) is 1. The largest absolute Gasteiger partial charge is 0.496 e. The third-order valence-corrected chi connectivity index (χ3v) is 8.69. The minimum atomic E-state index is -1.95. The van der Waals surface area contributed by atoms with Crippen molar-refractivity contribution >= 4 is 19.9 Å². The summed E-state index contributed by atoms with van der Waals surface area (Å²) >= 11 is 0. The van der Waals surface area contributed by atoms with Gasteiger partial charge in [0.1, 0.15) is 11.6 Å². The smallest absolute Gasteiger partial charge is 0.247 e. The maximum absolute atomic E-state index is 14.2. The Balaban J connectivity index is 3.02. The number of anilines is 1. The summed E-state index contributed by atoms with van der Waals surface area (Å²) in [6, 6.07) is 2.80. The predicted octanol–water partition coefficient (Wildman–Crippen LogP) is 4.48. The van der Waals surface area contributed by atoms with Gasteiger partial charge in [0.2, 0.25) is 5.91 Å². The van der Waals surface area contributed by atoms with Crippen molar-refractivity contribution in [2.24, 2.45) is 0 Å². The van der Waals surface area contributed by atoms with Gasteiger partial charge < -0.3 is 14.5 Å². The number of hydrogen-bond acceptors (Lipinski definition) is 3. The molecule has 1 aromatic rings. The SMILES string of the molecule is C=CC(=O)Nc1cc(OC)c(CO[Si](C)(C)C(C)(C)C)cc1F. The second-order valence-corrected chi connectivity index (χ2v) is 11.7. The summed E-state index contributed by atoms with van der Waals surface area (Å²) in [5, 5.41) is 2.48. The van der Waals surface area contributed by atoms with Gasteiger partial charge in [-0.15, -0.1) is 0 Å². The molecule has 1 rings (SSSR count). The molecule has 0 bridgehead atoms. The molecule has 0 aliphatic heterocycles. The van der Waals surface area contributed by atoms with Crippen molar-refractivity contribution < 1.29 is 18.3 Å². The van der Waals surface area contributed by atoms with Crippen molar-refractivity contribution in [3.05, 3.63) is 36.2 Å². The molecule has 0 aliphatic carbocycles. The van der Waals surface area contributed by atoms with Gasteiger partial charge in [-0.25, -0.2) is 4.39 Å². The lowest BCUT2D eigenvalue weighted by atomic mass is 10.1. The van der Waals surface area contributed by atoms with Crippen molar-refractivity contribution in [3.8, 4) is 5.75 Å². The van der Waals surface area contributed by atoms with Crippen molar-refractivity contribution in [2.75, 3.05) is 12.4 Å². The summed E-state index contributed by atoms with van der Waals surface area (Å²) in [5.74, 6) is -0.532. The van der Waals surface area contributed by atoms with E-state index in [2.05, 4.69) is 45.8 Å². The molecule has 0 spiro atoms. The Bertz CT molecular complexity index is 594. The first-order chi connectivity index (χ1) is 10.5. The Morgan fingerprint density at radius 2 is 2.00 bits per heavy atom. The highest BCUT2D eigenvalue weighted by Gasteiger charge is 2.37. The molecule has 0 aromatic heterocycles. The fraction of sp³-hybridized carbons (Fsp3) is 0.471. The maximum Gasteiger partial charge on any atom is 0.247 e. The van der Waals surface area contributed by atoms with Crippen LogP contribution in [0.3, 0.4) is 0 Å². The van der Waals surface area contributed by atoms with Gasteiger partial charge in [-0.3, -0.25) is 4.79 Å². The van der Waals surface area contributed by atoms with E-state index in [0.29, 0.717) is 11.3 Å². The third-order valence-electron chi connectivity index (χ3n) is 4.21. The van der Waals surface area contributed by atoms with E-state index in [1.165, 1.54) is 19.2 Å². The molecule has 4 nitrogen and oxygen atoms in total. The van der Waals surface area contributed by atoms with Crippen LogP contribution in [-0.2, 0) is 15.8 Å². The van der Waals surface area contributed by atoms with Gasteiger partial charge in [-0.05, 0) is 30.3 Å². The molecule has 0 saturated carbocycles. The number of benzene rings is 1. The molecule has 1 N–H and O–H groups in total. The van der Waals surface area contributed by atoms with Gasteiger partial charge in [0, 0.05) is 11.6 Å². The van der Waals surface area contributed by atoms with Gasteiger partial charge in [0.25, 0.3) is 0 Å². The van der Waals surface area contributed by atoms with Gasteiger partial charge in [0.15, 0.2) is 8.32 Å². The Morgan fingerprint density at radius 3 is 2.48 bits per heavy atom. The Labute approximate surface area is 138 Å². The fourth-order valence-electron chi connectivity index (χ4n) is 1.65. The van der Waals surface area contributed by atoms with E-state index < -0.39 is 20.0 Å². The molecule has 0 unspecified atom stereocenters. The first kappa shape index (κ1) is 19.4. The lowest BCUT2D eigenvalue weighted by Gasteiger charge is -2.36. The summed E-state index contributed by atoms with van der Waals surface area (Å²) in [6.45, 7) is 14.3. The van der Waals surface area contributed by atoms with Crippen molar-refractivity contribution in [3.63, 3.8) is 0 Å². The predicted molar refractivity (Wildman–Crippen MR) is 93.8 cm³/mol. The molecule has 0 heterocycles. The number of methoxy groups -OCH3 is 1. The molecule has 23 heavy (non-hydrogen) atoms. The van der Waals surface area contributed by atoms with E-state index in [-0.39, 0.29) is 17.3 Å². The van der Waals surface area contributed by atoms with Gasteiger partial charge in [-0.2, -0.15) is 0 Å². The van der Waals surface area contributed by atoms with Crippen LogP contribution >= 0.6 is 0 Å². The number of halogens is 1. The molecule has 6 heteroatoms. The quantitative estimate of drug-likeness (QED) is 0.614. The number of hydrogen-bond donors (Lipinski definition) is 1. The zero-order valence-corrected chi connectivity index (χ0v) is 15.7. The number of carbonyl (C=O) groups is 1. The Hall–Kier alpha value is -1.66. The van der Waals surface area contributed by atoms with Crippen molar-refractivity contribution in [1.82, 2.24) is 0 Å². The van der Waals surface area contributed by atoms with E-state index >= 15 is 0 Å². The summed E-state index contributed by atoms with van der Waals surface area (Å²) in [6.07, 6.45) is 1.08. The van der Waals surface area contributed by atoms with Gasteiger partial charge in [-0.1, -0.05) is 27.4 Å². The van der Waals surface area contributed by atoms with Gasteiger partial charge >= 0.3 is 0 Å². The monoisotopic (exact) mass is 339 g/mol. The number of ether oxygens (including phenoxy) is 1. The highest BCUT2D eigenvalue weighted by Crippen LogP contribution is 2.38. The summed E-state index contributed by atoms with van der Waals surface area (Å²) in [4.78, 5) is 11.3. The third kappa shape index (κ3) is 4.91. The lowest BCUT2D eigenvalue weighted by Crippen LogP contribution is -2.40. The van der Waals surface area contributed by atoms with Crippen molar-refractivity contribution in [1.29, 1.82) is 0 Å². The van der Waals surface area contributed by atoms with E-state index in [9.17, 15) is 9.18 Å². The van der Waals surface area contributed by atoms with Crippen LogP contribution in [0, 0.1) is 5.82 Å². The molecule has 0 aliphatic rings. The highest BCUT2D eigenvalue weighted by atomic mass is 28.4. The summed E-state index contributed by atoms with van der Waals surface area (Å²) in [5.41, 5.74) is 0.675. The summed E-state index contributed by atoms with van der Waals surface area (Å²) in [7, 11) is -0.445. The van der Waals surface area contributed by atoms with E-state index in [1.54, 1.807) is 0 Å². The minimum Gasteiger partial charge on any atom is -0.496 e. The first-order valence-electron chi connectivity index (χ1n) is 7.45. The molecule has 1 amide bonds.